The summed E-state index contributed by atoms with van der Waals surface area (Å²) in [5, 5.41) is 0. The van der Waals surface area contributed by atoms with Gasteiger partial charge in [-0.2, -0.15) is 0 Å². The zero-order valence-corrected chi connectivity index (χ0v) is 20.1. The van der Waals surface area contributed by atoms with Crippen LogP contribution in [0.1, 0.15) is 20.8 Å². The molecular weight excluding hydrogens is 497 g/mol. The molecule has 0 aliphatic heterocycles. The smallest absolute Gasteiger partial charge is 0.358 e. The second-order valence-corrected chi connectivity index (χ2v) is 3.75. The van der Waals surface area contributed by atoms with Gasteiger partial charge < -0.3 is 19.3 Å². The second kappa shape index (κ2) is 41.4. The third-order valence-corrected chi connectivity index (χ3v) is 1.69. The Kier molecular flexibility index (Phi) is 43.2. The summed E-state index contributed by atoms with van der Waals surface area (Å²) < 4.78 is 0. The first-order valence-corrected chi connectivity index (χ1v) is 8.25. The van der Waals surface area contributed by atoms with Crippen LogP contribution in [0, 0.1) is 179 Å². The van der Waals surface area contributed by atoms with Gasteiger partial charge in [0.1, 0.15) is 0 Å². The average Bonchev–Trinajstić information content (AvgIpc) is 2.83. The van der Waals surface area contributed by atoms with Gasteiger partial charge in [-0.15, -0.1) is 17.8 Å². The van der Waals surface area contributed by atoms with Gasteiger partial charge >= 0.3 is 19.5 Å². The topological polar surface area (TPSA) is 0 Å². The monoisotopic (exact) mass is 507 g/mol. The predicted octanol–water partition coefficient (Wildman–Crippen LogP) is 1.83. The molecule has 0 saturated heterocycles. The Labute approximate surface area is 218 Å². The molecule has 0 unspecified atom stereocenters. The fourth-order valence-corrected chi connectivity index (χ4v) is 0.750. The van der Waals surface area contributed by atoms with E-state index in [0.29, 0.717) is 0 Å². The average molecular weight is 507 g/mol. The normalized spacial score (nSPS) is 3.53. The van der Waals surface area contributed by atoms with Crippen LogP contribution in [-0.2, 0) is 19.5 Å². The van der Waals surface area contributed by atoms with Gasteiger partial charge in [0.15, 0.2) is 0 Å². The molecule has 0 amide bonds. The first kappa shape index (κ1) is 35.5. The van der Waals surface area contributed by atoms with E-state index >= 15 is 0 Å². The minimum absolute atomic E-state index is 0. The zero-order valence-electron chi connectivity index (χ0n) is 18.4. The molecule has 0 aromatic rings. The Morgan fingerprint density at radius 3 is 0.559 bits per heavy atom. The van der Waals surface area contributed by atoms with Crippen molar-refractivity contribution in [3.05, 3.63) is 19.3 Å². The Morgan fingerprint density at radius 1 is 0.265 bits per heavy atom. The van der Waals surface area contributed by atoms with Crippen molar-refractivity contribution < 1.29 is 19.5 Å². The molecule has 34 heavy (non-hydrogen) atoms. The van der Waals surface area contributed by atoms with Crippen LogP contribution in [0.3, 0.4) is 0 Å². The molecule has 149 valence electrons. The van der Waals surface area contributed by atoms with Crippen LogP contribution in [0.5, 0.6) is 0 Å². The van der Waals surface area contributed by atoms with Crippen LogP contribution in [0.2, 0.25) is 0 Å². The van der Waals surface area contributed by atoms with Crippen LogP contribution in [-0.4, -0.2) is 0 Å². The molecule has 0 saturated carbocycles. The molecule has 0 rings (SSSR count). The van der Waals surface area contributed by atoms with E-state index in [2.05, 4.69) is 142 Å². The van der Waals surface area contributed by atoms with Crippen LogP contribution >= 0.6 is 0 Å². The Hall–Kier alpha value is -5.98. The number of hydrogen-bond donors (Lipinski definition) is 0. The summed E-state index contributed by atoms with van der Waals surface area (Å²) in [6.07, 6.45) is 19.2. The SMILES string of the molecule is [C-]#CC#CC#CC#CC#CC.[C-]#CC#CC#CC#CC#CC.[C-]#CC#CC#CC#CC#CC.[Ru+3]. The summed E-state index contributed by atoms with van der Waals surface area (Å²) in [6, 6.07) is 0. The standard InChI is InChI=1S/3C11H3.Ru/c3*1-3-5-7-9-11-10-8-6-4-2;/h3*1H3;/q3*-1;+3. The quantitative estimate of drug-likeness (QED) is 0.267. The van der Waals surface area contributed by atoms with Crippen LogP contribution in [0.15, 0.2) is 0 Å². The van der Waals surface area contributed by atoms with Crippen molar-refractivity contribution in [3.63, 3.8) is 0 Å². The fraction of sp³-hybridized carbons (Fsp3) is 0.0909. The van der Waals surface area contributed by atoms with Gasteiger partial charge in [0, 0.05) is 0 Å². The molecule has 0 aromatic carbocycles. The summed E-state index contributed by atoms with van der Waals surface area (Å²) in [5.74, 6) is 64.2. The Balaban J connectivity index is -0.000000196. The molecule has 0 aliphatic carbocycles. The summed E-state index contributed by atoms with van der Waals surface area (Å²) in [6.45, 7) is 5.10. The summed E-state index contributed by atoms with van der Waals surface area (Å²) >= 11 is 0. The van der Waals surface area contributed by atoms with Crippen molar-refractivity contribution in [2.24, 2.45) is 0 Å². The molecule has 0 aliphatic rings. The summed E-state index contributed by atoms with van der Waals surface area (Å²) in [7, 11) is 0. The van der Waals surface area contributed by atoms with E-state index in [1.165, 1.54) is 0 Å². The van der Waals surface area contributed by atoms with Gasteiger partial charge in [0.25, 0.3) is 0 Å². The molecule has 0 spiro atoms. The van der Waals surface area contributed by atoms with E-state index in [1.54, 1.807) is 20.8 Å². The van der Waals surface area contributed by atoms with Crippen molar-refractivity contribution >= 4 is 0 Å². The van der Waals surface area contributed by atoms with E-state index in [-0.39, 0.29) is 19.5 Å². The fourth-order valence-electron chi connectivity index (χ4n) is 0.750. The minimum Gasteiger partial charge on any atom is -0.358 e. The number of rotatable bonds is 0. The van der Waals surface area contributed by atoms with Gasteiger partial charge in [-0.3, -0.25) is 17.8 Å². The Bertz CT molecular complexity index is 1370. The van der Waals surface area contributed by atoms with Crippen LogP contribution in [0.25, 0.3) is 0 Å². The van der Waals surface area contributed by atoms with Crippen molar-refractivity contribution in [2.45, 2.75) is 20.8 Å². The maximum absolute atomic E-state index is 6.40. The van der Waals surface area contributed by atoms with Crippen LogP contribution in [0.4, 0.5) is 0 Å². The summed E-state index contributed by atoms with van der Waals surface area (Å²) in [5.41, 5.74) is 0. The van der Waals surface area contributed by atoms with Gasteiger partial charge in [0.2, 0.25) is 0 Å². The third kappa shape index (κ3) is 50.2. The van der Waals surface area contributed by atoms with Crippen molar-refractivity contribution in [2.75, 3.05) is 0 Å². The van der Waals surface area contributed by atoms with Gasteiger partial charge in [-0.25, -0.2) is 17.8 Å². The maximum Gasteiger partial charge on any atom is 3.00 e. The zero-order chi connectivity index (χ0) is 25.1. The first-order chi connectivity index (χ1) is 16.2. The molecule has 0 bridgehead atoms. The van der Waals surface area contributed by atoms with E-state index in [0.717, 1.165) is 0 Å². The summed E-state index contributed by atoms with van der Waals surface area (Å²) in [4.78, 5) is 0. The van der Waals surface area contributed by atoms with Crippen LogP contribution < -0.4 is 0 Å². The van der Waals surface area contributed by atoms with E-state index in [9.17, 15) is 0 Å². The second-order valence-electron chi connectivity index (χ2n) is 3.75. The van der Waals surface area contributed by atoms with Crippen molar-refractivity contribution in [1.82, 2.24) is 0 Å². The van der Waals surface area contributed by atoms with Gasteiger partial charge in [-0.05, 0) is 110 Å². The Morgan fingerprint density at radius 2 is 0.412 bits per heavy atom. The molecule has 1 heteroatoms. The minimum atomic E-state index is 0. The van der Waals surface area contributed by atoms with Crippen molar-refractivity contribution in [3.8, 4) is 160 Å². The molecule has 0 N–H and O–H groups in total. The predicted molar refractivity (Wildman–Crippen MR) is 132 cm³/mol. The third-order valence-electron chi connectivity index (χ3n) is 1.69. The molecule has 0 aromatic heterocycles. The van der Waals surface area contributed by atoms with E-state index in [1.807, 2.05) is 17.8 Å². The number of hydrogen-bond acceptors (Lipinski definition) is 0. The van der Waals surface area contributed by atoms with Crippen molar-refractivity contribution in [1.29, 1.82) is 0 Å². The first-order valence-electron chi connectivity index (χ1n) is 8.25. The van der Waals surface area contributed by atoms with Gasteiger partial charge in [-0.1, -0.05) is 17.8 Å². The molecule has 0 heterocycles. The van der Waals surface area contributed by atoms with Gasteiger partial charge in [0.05, 0.1) is 0 Å². The molecule has 1 radical (unpaired) electrons. The van der Waals surface area contributed by atoms with E-state index < -0.39 is 0 Å². The molecule has 0 fully saturated rings. The molecule has 0 nitrogen and oxygen atoms in total. The maximum atomic E-state index is 6.40. The largest absolute Gasteiger partial charge is 3.00 e. The van der Waals surface area contributed by atoms with E-state index in [4.69, 9.17) is 19.3 Å². The molecular formula is C33H9Ru. The molecule has 0 atom stereocenters.